The van der Waals surface area contributed by atoms with Crippen LogP contribution in [0.1, 0.15) is 43.9 Å². The lowest BCUT2D eigenvalue weighted by Crippen LogP contribution is -2.48. The minimum atomic E-state index is -4.49. The Balaban J connectivity index is 1.98. The SMILES string of the molecule is CC(C)(C)C1CC(c2ccc(C(F)(F)F)cc2OCc2ccccc2)=CCN1C(=O)O. The minimum Gasteiger partial charge on any atom is -0.488 e. The average molecular weight is 433 g/mol. The van der Waals surface area contributed by atoms with Gasteiger partial charge in [-0.25, -0.2) is 4.79 Å². The van der Waals surface area contributed by atoms with Crippen molar-refractivity contribution >= 4 is 11.7 Å². The molecular weight excluding hydrogens is 407 g/mol. The van der Waals surface area contributed by atoms with Gasteiger partial charge in [-0.1, -0.05) is 63.2 Å². The van der Waals surface area contributed by atoms with Crippen LogP contribution < -0.4 is 4.74 Å². The highest BCUT2D eigenvalue weighted by Gasteiger charge is 2.37. The Labute approximate surface area is 179 Å². The van der Waals surface area contributed by atoms with Crippen molar-refractivity contribution in [3.05, 3.63) is 71.3 Å². The van der Waals surface area contributed by atoms with E-state index in [9.17, 15) is 23.1 Å². The molecule has 4 nitrogen and oxygen atoms in total. The number of ether oxygens (including phenoxy) is 1. The standard InChI is InChI=1S/C24H26F3NO3/c1-23(2,3)21-13-17(11-12-28(21)22(29)30)19-10-9-18(24(25,26)27)14-20(19)31-15-16-7-5-4-6-8-16/h4-11,14,21H,12-13,15H2,1-3H3,(H,29,30). The fraction of sp³-hybridized carbons (Fsp3) is 0.375. The zero-order chi connectivity index (χ0) is 22.8. The van der Waals surface area contributed by atoms with Crippen LogP contribution in [0.4, 0.5) is 18.0 Å². The van der Waals surface area contributed by atoms with E-state index in [0.29, 0.717) is 12.0 Å². The zero-order valence-corrected chi connectivity index (χ0v) is 17.7. The van der Waals surface area contributed by atoms with E-state index in [1.807, 2.05) is 51.1 Å². The summed E-state index contributed by atoms with van der Waals surface area (Å²) in [5, 5.41) is 9.57. The Morgan fingerprint density at radius 3 is 2.39 bits per heavy atom. The molecule has 1 N–H and O–H groups in total. The molecule has 1 atom stereocenters. The second-order valence-corrected chi connectivity index (χ2v) is 8.73. The van der Waals surface area contributed by atoms with E-state index < -0.39 is 17.8 Å². The summed E-state index contributed by atoms with van der Waals surface area (Å²) in [5.74, 6) is 0.140. The van der Waals surface area contributed by atoms with Crippen LogP contribution in [0, 0.1) is 5.41 Å². The van der Waals surface area contributed by atoms with Crippen LogP contribution in [-0.4, -0.2) is 28.7 Å². The highest BCUT2D eigenvalue weighted by molar-refractivity contribution is 5.75. The highest BCUT2D eigenvalue weighted by Crippen LogP contribution is 2.41. The Kier molecular flexibility index (Phi) is 6.34. The molecule has 0 saturated heterocycles. The van der Waals surface area contributed by atoms with Crippen LogP contribution in [-0.2, 0) is 12.8 Å². The Hall–Kier alpha value is -2.96. The molecule has 1 aliphatic heterocycles. The molecule has 1 heterocycles. The molecule has 0 spiro atoms. The molecule has 2 aromatic rings. The van der Waals surface area contributed by atoms with Crippen molar-refractivity contribution in [3.8, 4) is 5.75 Å². The maximum absolute atomic E-state index is 13.3. The van der Waals surface area contributed by atoms with E-state index in [1.165, 1.54) is 11.0 Å². The first-order chi connectivity index (χ1) is 14.5. The van der Waals surface area contributed by atoms with Gasteiger partial charge in [0.25, 0.3) is 0 Å². The van der Waals surface area contributed by atoms with Crippen LogP contribution in [0.3, 0.4) is 0 Å². The predicted molar refractivity (Wildman–Crippen MR) is 113 cm³/mol. The van der Waals surface area contributed by atoms with Crippen LogP contribution in [0.25, 0.3) is 5.57 Å². The second kappa shape index (κ2) is 8.65. The van der Waals surface area contributed by atoms with Crippen LogP contribution in [0.2, 0.25) is 0 Å². The van der Waals surface area contributed by atoms with Gasteiger partial charge in [0, 0.05) is 18.2 Å². The lowest BCUT2D eigenvalue weighted by atomic mass is 9.79. The fourth-order valence-electron chi connectivity index (χ4n) is 3.76. The Morgan fingerprint density at radius 1 is 1.13 bits per heavy atom. The summed E-state index contributed by atoms with van der Waals surface area (Å²) < 4.78 is 45.8. The molecule has 0 fully saturated rings. The molecule has 166 valence electrons. The van der Waals surface area contributed by atoms with Crippen LogP contribution >= 0.6 is 0 Å². The lowest BCUT2D eigenvalue weighted by molar-refractivity contribution is -0.137. The first kappa shape index (κ1) is 22.7. The Morgan fingerprint density at radius 2 is 1.81 bits per heavy atom. The summed E-state index contributed by atoms with van der Waals surface area (Å²) in [7, 11) is 0. The molecule has 3 rings (SSSR count). The first-order valence-corrected chi connectivity index (χ1v) is 10.0. The first-order valence-electron chi connectivity index (χ1n) is 10.0. The molecule has 31 heavy (non-hydrogen) atoms. The highest BCUT2D eigenvalue weighted by atomic mass is 19.4. The number of benzene rings is 2. The number of alkyl halides is 3. The van der Waals surface area contributed by atoms with Crippen LogP contribution in [0.15, 0.2) is 54.6 Å². The summed E-state index contributed by atoms with van der Waals surface area (Å²) >= 11 is 0. The third-order valence-electron chi connectivity index (χ3n) is 5.46. The minimum absolute atomic E-state index is 0.131. The number of hydrogen-bond donors (Lipinski definition) is 1. The molecule has 0 aromatic heterocycles. The van der Waals surface area contributed by atoms with Gasteiger partial charge in [0.05, 0.1) is 5.56 Å². The molecule has 0 bridgehead atoms. The Bertz CT molecular complexity index is 962. The average Bonchev–Trinajstić information content (AvgIpc) is 2.71. The summed E-state index contributed by atoms with van der Waals surface area (Å²) in [6.07, 6.45) is -3.35. The molecule has 1 aliphatic rings. The molecule has 0 aliphatic carbocycles. The van der Waals surface area contributed by atoms with E-state index >= 15 is 0 Å². The number of carboxylic acid groups (broad SMARTS) is 1. The predicted octanol–water partition coefficient (Wildman–Crippen LogP) is 6.47. The van der Waals surface area contributed by atoms with E-state index in [0.717, 1.165) is 23.3 Å². The quantitative estimate of drug-likeness (QED) is 0.602. The van der Waals surface area contributed by atoms with Gasteiger partial charge in [0.1, 0.15) is 12.4 Å². The van der Waals surface area contributed by atoms with Gasteiger partial charge in [-0.3, -0.25) is 0 Å². The third kappa shape index (κ3) is 5.40. The van der Waals surface area contributed by atoms with Gasteiger partial charge in [0.15, 0.2) is 0 Å². The molecule has 1 amide bonds. The van der Waals surface area contributed by atoms with Crippen molar-refractivity contribution in [2.75, 3.05) is 6.54 Å². The van der Waals surface area contributed by atoms with Crippen molar-refractivity contribution in [2.45, 2.75) is 46.0 Å². The molecular formula is C24H26F3NO3. The van der Waals surface area contributed by atoms with E-state index in [-0.39, 0.29) is 30.4 Å². The number of halogens is 3. The van der Waals surface area contributed by atoms with Crippen molar-refractivity contribution in [1.29, 1.82) is 0 Å². The van der Waals surface area contributed by atoms with E-state index in [1.54, 1.807) is 6.08 Å². The molecule has 0 radical (unpaired) electrons. The van der Waals surface area contributed by atoms with Gasteiger partial charge in [0.2, 0.25) is 0 Å². The maximum Gasteiger partial charge on any atom is 0.416 e. The summed E-state index contributed by atoms with van der Waals surface area (Å²) in [6, 6.07) is 12.4. The molecule has 2 aromatic carbocycles. The third-order valence-corrected chi connectivity index (χ3v) is 5.46. The van der Waals surface area contributed by atoms with Crippen molar-refractivity contribution < 1.29 is 27.8 Å². The van der Waals surface area contributed by atoms with E-state index in [4.69, 9.17) is 4.74 Å². The van der Waals surface area contributed by atoms with Gasteiger partial charge >= 0.3 is 12.3 Å². The van der Waals surface area contributed by atoms with E-state index in [2.05, 4.69) is 0 Å². The summed E-state index contributed by atoms with van der Waals surface area (Å²) in [5.41, 5.74) is 1.07. The maximum atomic E-state index is 13.3. The number of nitrogens with zero attached hydrogens (tertiary/aromatic N) is 1. The van der Waals surface area contributed by atoms with Gasteiger partial charge in [-0.15, -0.1) is 0 Å². The van der Waals surface area contributed by atoms with Crippen LogP contribution in [0.5, 0.6) is 5.75 Å². The van der Waals surface area contributed by atoms with Crippen molar-refractivity contribution in [3.63, 3.8) is 0 Å². The van der Waals surface area contributed by atoms with Gasteiger partial charge < -0.3 is 14.7 Å². The largest absolute Gasteiger partial charge is 0.488 e. The molecule has 1 unspecified atom stereocenters. The zero-order valence-electron chi connectivity index (χ0n) is 17.7. The number of amides is 1. The molecule has 0 saturated carbocycles. The number of rotatable bonds is 4. The van der Waals surface area contributed by atoms with Crippen molar-refractivity contribution in [2.24, 2.45) is 5.41 Å². The summed E-state index contributed by atoms with van der Waals surface area (Å²) in [4.78, 5) is 13.1. The topological polar surface area (TPSA) is 49.8 Å². The normalized spacial score (nSPS) is 17.3. The lowest BCUT2D eigenvalue weighted by Gasteiger charge is -2.41. The second-order valence-electron chi connectivity index (χ2n) is 8.73. The number of carbonyl (C=O) groups is 1. The monoisotopic (exact) mass is 433 g/mol. The van der Waals surface area contributed by atoms with Gasteiger partial charge in [-0.2, -0.15) is 13.2 Å². The fourth-order valence-corrected chi connectivity index (χ4v) is 3.76. The smallest absolute Gasteiger partial charge is 0.416 e. The van der Waals surface area contributed by atoms with Crippen molar-refractivity contribution in [1.82, 2.24) is 4.90 Å². The number of hydrogen-bond acceptors (Lipinski definition) is 2. The molecule has 7 heteroatoms. The summed E-state index contributed by atoms with van der Waals surface area (Å²) in [6.45, 7) is 6.17. The van der Waals surface area contributed by atoms with Gasteiger partial charge in [-0.05, 0) is 35.1 Å².